The van der Waals surface area contributed by atoms with Crippen LogP contribution in [-0.2, 0) is 19.4 Å². The quantitative estimate of drug-likeness (QED) is 0.476. The van der Waals surface area contributed by atoms with E-state index in [4.69, 9.17) is 0 Å². The summed E-state index contributed by atoms with van der Waals surface area (Å²) in [4.78, 5) is 7.50. The van der Waals surface area contributed by atoms with E-state index in [0.717, 1.165) is 31.5 Å². The van der Waals surface area contributed by atoms with Crippen molar-refractivity contribution in [3.63, 3.8) is 0 Å². The van der Waals surface area contributed by atoms with E-state index in [2.05, 4.69) is 76.1 Å². The van der Waals surface area contributed by atoms with Crippen LogP contribution in [0.4, 0.5) is 5.69 Å². The molecule has 2 aromatic carbocycles. The first-order valence-corrected chi connectivity index (χ1v) is 9.15. The van der Waals surface area contributed by atoms with Gasteiger partial charge < -0.3 is 10.3 Å². The van der Waals surface area contributed by atoms with Crippen LogP contribution in [0.2, 0.25) is 0 Å². The van der Waals surface area contributed by atoms with E-state index < -0.39 is 0 Å². The van der Waals surface area contributed by atoms with Gasteiger partial charge in [-0.2, -0.15) is 0 Å². The second-order valence-corrected chi connectivity index (χ2v) is 6.62. The minimum Gasteiger partial charge on any atom is -0.381 e. The van der Waals surface area contributed by atoms with Crippen molar-refractivity contribution in [3.8, 4) is 0 Å². The largest absolute Gasteiger partial charge is 0.381 e. The number of anilines is 1. The van der Waals surface area contributed by atoms with E-state index in [-0.39, 0.29) is 0 Å². The van der Waals surface area contributed by atoms with Crippen LogP contribution in [0.15, 0.2) is 79.3 Å². The van der Waals surface area contributed by atoms with Gasteiger partial charge in [-0.1, -0.05) is 36.4 Å². The first kappa shape index (κ1) is 16.4. The Morgan fingerprint density at radius 1 is 0.846 bits per heavy atom. The van der Waals surface area contributed by atoms with Gasteiger partial charge in [-0.3, -0.25) is 4.98 Å². The Bertz CT molecular complexity index is 956. The molecule has 0 spiro atoms. The fraction of sp³-hybridized carbons (Fsp3) is 0.174. The van der Waals surface area contributed by atoms with Gasteiger partial charge in [0.2, 0.25) is 0 Å². The van der Waals surface area contributed by atoms with Gasteiger partial charge >= 0.3 is 0 Å². The summed E-state index contributed by atoms with van der Waals surface area (Å²) in [5.41, 5.74) is 6.36. The molecule has 0 radical (unpaired) electrons. The first-order chi connectivity index (χ1) is 12.9. The number of pyridine rings is 1. The molecule has 0 aliphatic rings. The lowest BCUT2D eigenvalue weighted by molar-refractivity contribution is 0.825. The van der Waals surface area contributed by atoms with Gasteiger partial charge in [0.1, 0.15) is 0 Å². The Morgan fingerprint density at radius 2 is 1.73 bits per heavy atom. The van der Waals surface area contributed by atoms with Crippen molar-refractivity contribution in [2.45, 2.75) is 25.8 Å². The fourth-order valence-corrected chi connectivity index (χ4v) is 3.32. The molecule has 0 aliphatic heterocycles. The predicted octanol–water partition coefficient (Wildman–Crippen LogP) is 5.35. The maximum absolute atomic E-state index is 4.14. The highest BCUT2D eigenvalue weighted by Gasteiger charge is 2.03. The molecular weight excluding hydrogens is 318 g/mol. The number of aromatic nitrogens is 2. The van der Waals surface area contributed by atoms with Crippen LogP contribution in [0.1, 0.15) is 23.1 Å². The normalized spacial score (nSPS) is 10.9. The number of nitrogens with one attached hydrogen (secondary N) is 2. The number of fused-ring (bicyclic) bond motifs is 1. The smallest absolute Gasteiger partial charge is 0.0456 e. The van der Waals surface area contributed by atoms with Crippen molar-refractivity contribution in [2.24, 2.45) is 0 Å². The number of hydrogen-bond donors (Lipinski definition) is 2. The summed E-state index contributed by atoms with van der Waals surface area (Å²) < 4.78 is 0. The van der Waals surface area contributed by atoms with Gasteiger partial charge in [-0.05, 0) is 60.2 Å². The highest BCUT2D eigenvalue weighted by molar-refractivity contribution is 5.83. The third-order valence-corrected chi connectivity index (χ3v) is 4.76. The monoisotopic (exact) mass is 341 g/mol. The van der Waals surface area contributed by atoms with Gasteiger partial charge in [-0.25, -0.2) is 0 Å². The van der Waals surface area contributed by atoms with Gasteiger partial charge in [0, 0.05) is 41.7 Å². The van der Waals surface area contributed by atoms with Crippen LogP contribution in [0.3, 0.4) is 0 Å². The molecule has 0 bridgehead atoms. The minimum atomic E-state index is 0.799. The average Bonchev–Trinajstić information content (AvgIpc) is 3.11. The molecule has 4 aromatic rings. The van der Waals surface area contributed by atoms with Crippen molar-refractivity contribution in [1.29, 1.82) is 0 Å². The highest BCUT2D eigenvalue weighted by atomic mass is 14.9. The SMILES string of the molecule is c1cncc(CNc2ccc(CCCc3c[nH]c4ccccc34)cc2)c1. The molecule has 0 fully saturated rings. The Hall–Kier alpha value is -3.07. The van der Waals surface area contributed by atoms with Crippen molar-refractivity contribution in [3.05, 3.63) is 95.9 Å². The van der Waals surface area contributed by atoms with Gasteiger partial charge in [0.15, 0.2) is 0 Å². The first-order valence-electron chi connectivity index (χ1n) is 9.15. The lowest BCUT2D eigenvalue weighted by Crippen LogP contribution is -1.99. The van der Waals surface area contributed by atoms with E-state index in [1.54, 1.807) is 6.20 Å². The molecule has 130 valence electrons. The molecule has 0 saturated heterocycles. The number of aromatic amines is 1. The standard InChI is InChI=1S/C23H23N3/c1-2-9-23-22(8-1)20(17-26-23)7-3-5-18-10-12-21(13-11-18)25-16-19-6-4-14-24-15-19/h1-2,4,6,8-15,17,25-26H,3,5,7,16H2. The van der Waals surface area contributed by atoms with Crippen molar-refractivity contribution >= 4 is 16.6 Å². The zero-order valence-corrected chi connectivity index (χ0v) is 14.8. The van der Waals surface area contributed by atoms with Crippen LogP contribution in [0.25, 0.3) is 10.9 Å². The van der Waals surface area contributed by atoms with Gasteiger partial charge in [-0.15, -0.1) is 0 Å². The van der Waals surface area contributed by atoms with Crippen LogP contribution in [0.5, 0.6) is 0 Å². The maximum Gasteiger partial charge on any atom is 0.0456 e. The second kappa shape index (κ2) is 7.87. The number of para-hydroxylation sites is 1. The summed E-state index contributed by atoms with van der Waals surface area (Å²) in [7, 11) is 0. The molecule has 2 N–H and O–H groups in total. The summed E-state index contributed by atoms with van der Waals surface area (Å²) in [5.74, 6) is 0. The lowest BCUT2D eigenvalue weighted by Gasteiger charge is -2.07. The highest BCUT2D eigenvalue weighted by Crippen LogP contribution is 2.20. The number of aryl methyl sites for hydroxylation is 2. The van der Waals surface area contributed by atoms with Crippen LogP contribution < -0.4 is 5.32 Å². The second-order valence-electron chi connectivity index (χ2n) is 6.62. The maximum atomic E-state index is 4.14. The molecule has 2 aromatic heterocycles. The van der Waals surface area contributed by atoms with Gasteiger partial charge in [0.05, 0.1) is 0 Å². The fourth-order valence-electron chi connectivity index (χ4n) is 3.32. The summed E-state index contributed by atoms with van der Waals surface area (Å²) >= 11 is 0. The summed E-state index contributed by atoms with van der Waals surface area (Å²) in [6.45, 7) is 0.799. The third kappa shape index (κ3) is 3.94. The van der Waals surface area contributed by atoms with Crippen LogP contribution in [-0.4, -0.2) is 9.97 Å². The molecule has 2 heterocycles. The Balaban J connectivity index is 1.29. The number of benzene rings is 2. The molecular formula is C23H23N3. The Morgan fingerprint density at radius 3 is 2.58 bits per heavy atom. The molecule has 0 atom stereocenters. The predicted molar refractivity (Wildman–Crippen MR) is 108 cm³/mol. The third-order valence-electron chi connectivity index (χ3n) is 4.76. The summed E-state index contributed by atoms with van der Waals surface area (Å²) in [5, 5.41) is 4.79. The molecule has 3 nitrogen and oxygen atoms in total. The van der Waals surface area contributed by atoms with Crippen molar-refractivity contribution in [1.82, 2.24) is 9.97 Å². The minimum absolute atomic E-state index is 0.799. The van der Waals surface area contributed by atoms with E-state index in [1.165, 1.54) is 27.6 Å². The summed E-state index contributed by atoms with van der Waals surface area (Å²) in [6.07, 6.45) is 9.20. The average molecular weight is 341 g/mol. The van der Waals surface area contributed by atoms with E-state index in [1.807, 2.05) is 12.3 Å². The Labute approximate surface area is 154 Å². The zero-order valence-electron chi connectivity index (χ0n) is 14.8. The number of hydrogen-bond acceptors (Lipinski definition) is 2. The number of nitrogens with zero attached hydrogens (tertiary/aromatic N) is 1. The van der Waals surface area contributed by atoms with Crippen molar-refractivity contribution < 1.29 is 0 Å². The van der Waals surface area contributed by atoms with Gasteiger partial charge in [0.25, 0.3) is 0 Å². The zero-order chi connectivity index (χ0) is 17.6. The molecule has 3 heteroatoms. The molecule has 4 rings (SSSR count). The topological polar surface area (TPSA) is 40.7 Å². The van der Waals surface area contributed by atoms with E-state index >= 15 is 0 Å². The van der Waals surface area contributed by atoms with Crippen molar-refractivity contribution in [2.75, 3.05) is 5.32 Å². The number of H-pyrrole nitrogens is 1. The molecule has 26 heavy (non-hydrogen) atoms. The molecule has 0 unspecified atom stereocenters. The number of rotatable bonds is 7. The molecule has 0 aliphatic carbocycles. The van der Waals surface area contributed by atoms with E-state index in [0.29, 0.717) is 0 Å². The van der Waals surface area contributed by atoms with E-state index in [9.17, 15) is 0 Å². The Kier molecular flexibility index (Phi) is 4.97. The lowest BCUT2D eigenvalue weighted by atomic mass is 10.0. The summed E-state index contributed by atoms with van der Waals surface area (Å²) in [6, 6.07) is 21.3. The molecule has 0 saturated carbocycles. The van der Waals surface area contributed by atoms with Crippen LogP contribution >= 0.6 is 0 Å². The molecule has 0 amide bonds. The van der Waals surface area contributed by atoms with Crippen LogP contribution in [0, 0.1) is 0 Å².